The number of hydrogen-bond donors (Lipinski definition) is 2. The average Bonchev–Trinajstić information content (AvgIpc) is 2.98. The minimum absolute atomic E-state index is 0.369. The van der Waals surface area contributed by atoms with E-state index in [1.165, 1.54) is 6.42 Å². The molecule has 0 radical (unpaired) electrons. The van der Waals surface area contributed by atoms with Crippen LogP contribution in [0.1, 0.15) is 37.3 Å². The van der Waals surface area contributed by atoms with Crippen LogP contribution in [0.5, 0.6) is 11.5 Å². The maximum atomic E-state index is 6.01. The van der Waals surface area contributed by atoms with E-state index in [1.54, 1.807) is 6.21 Å². The number of benzene rings is 3. The maximum absolute atomic E-state index is 6.01. The Morgan fingerprint density at radius 2 is 1.56 bits per heavy atom. The molecule has 1 aliphatic heterocycles. The number of hydrogen-bond acceptors (Lipinski definition) is 9. The predicted molar refractivity (Wildman–Crippen MR) is 155 cm³/mol. The highest BCUT2D eigenvalue weighted by atomic mass is 16.5. The van der Waals surface area contributed by atoms with Gasteiger partial charge in [0.2, 0.25) is 17.8 Å². The van der Waals surface area contributed by atoms with Crippen molar-refractivity contribution in [1.29, 1.82) is 0 Å². The second kappa shape index (κ2) is 13.2. The molecule has 200 valence electrons. The van der Waals surface area contributed by atoms with Crippen LogP contribution in [-0.2, 0) is 6.61 Å². The van der Waals surface area contributed by atoms with E-state index >= 15 is 0 Å². The molecule has 1 saturated heterocycles. The summed E-state index contributed by atoms with van der Waals surface area (Å²) in [5.74, 6) is 2.82. The summed E-state index contributed by atoms with van der Waals surface area (Å²) >= 11 is 0. The summed E-state index contributed by atoms with van der Waals surface area (Å²) in [4.78, 5) is 16.0. The van der Waals surface area contributed by atoms with Crippen LogP contribution in [0, 0.1) is 0 Å². The number of piperidine rings is 1. The van der Waals surface area contributed by atoms with Gasteiger partial charge in [0.05, 0.1) is 12.8 Å². The highest BCUT2D eigenvalue weighted by molar-refractivity contribution is 5.81. The number of rotatable bonds is 11. The number of nitrogens with zero attached hydrogens (tertiary/aromatic N) is 5. The first-order valence-corrected chi connectivity index (χ1v) is 13.3. The van der Waals surface area contributed by atoms with Crippen molar-refractivity contribution in [1.82, 2.24) is 15.0 Å². The van der Waals surface area contributed by atoms with E-state index < -0.39 is 0 Å². The third-order valence-electron chi connectivity index (χ3n) is 6.18. The Morgan fingerprint density at radius 3 is 2.33 bits per heavy atom. The molecule has 0 aliphatic carbocycles. The van der Waals surface area contributed by atoms with Crippen molar-refractivity contribution in [3.05, 3.63) is 90.0 Å². The van der Waals surface area contributed by atoms with E-state index in [9.17, 15) is 0 Å². The van der Waals surface area contributed by atoms with Crippen LogP contribution in [0.2, 0.25) is 0 Å². The summed E-state index contributed by atoms with van der Waals surface area (Å²) < 4.78 is 11.8. The highest BCUT2D eigenvalue weighted by Gasteiger charge is 2.16. The molecule has 5 rings (SSSR count). The third kappa shape index (κ3) is 7.44. The van der Waals surface area contributed by atoms with E-state index in [0.29, 0.717) is 42.6 Å². The first-order chi connectivity index (χ1) is 19.3. The molecule has 0 spiro atoms. The maximum Gasteiger partial charge on any atom is 0.250 e. The lowest BCUT2D eigenvalue weighted by Gasteiger charge is -2.26. The van der Waals surface area contributed by atoms with Crippen LogP contribution in [0.4, 0.5) is 23.5 Å². The van der Waals surface area contributed by atoms with Crippen molar-refractivity contribution in [2.45, 2.75) is 32.8 Å². The van der Waals surface area contributed by atoms with Crippen LogP contribution in [0.15, 0.2) is 84.0 Å². The van der Waals surface area contributed by atoms with Gasteiger partial charge in [-0.3, -0.25) is 0 Å². The molecule has 1 fully saturated rings. The topological polar surface area (TPSA) is 96.8 Å². The fraction of sp³-hybridized carbons (Fsp3) is 0.267. The average molecular weight is 524 g/mol. The molecule has 9 nitrogen and oxygen atoms in total. The number of anilines is 4. The molecule has 0 bridgehead atoms. The van der Waals surface area contributed by atoms with E-state index in [4.69, 9.17) is 9.47 Å². The molecule has 0 atom stereocenters. The summed E-state index contributed by atoms with van der Waals surface area (Å²) in [6.45, 7) is 4.80. The summed E-state index contributed by atoms with van der Waals surface area (Å²) in [7, 11) is 0. The van der Waals surface area contributed by atoms with Gasteiger partial charge in [-0.2, -0.15) is 20.1 Å². The van der Waals surface area contributed by atoms with Gasteiger partial charge in [-0.15, -0.1) is 0 Å². The Hall–Kier alpha value is -4.66. The Balaban J connectivity index is 1.30. The summed E-state index contributed by atoms with van der Waals surface area (Å²) in [5, 5.41) is 7.67. The molecule has 9 heteroatoms. The van der Waals surface area contributed by atoms with Gasteiger partial charge in [0.1, 0.15) is 6.61 Å². The molecule has 3 aromatic carbocycles. The molecule has 2 N–H and O–H groups in total. The zero-order valence-electron chi connectivity index (χ0n) is 22.1. The minimum Gasteiger partial charge on any atom is -0.490 e. The number of nitrogens with one attached hydrogen (secondary N) is 2. The largest absolute Gasteiger partial charge is 0.490 e. The molecule has 4 aromatic rings. The van der Waals surface area contributed by atoms with Crippen molar-refractivity contribution >= 4 is 29.7 Å². The first-order valence-electron chi connectivity index (χ1n) is 13.3. The monoisotopic (exact) mass is 523 g/mol. The van der Waals surface area contributed by atoms with Crippen LogP contribution >= 0.6 is 0 Å². The van der Waals surface area contributed by atoms with Crippen molar-refractivity contribution in [3.8, 4) is 11.5 Å². The lowest BCUT2D eigenvalue weighted by Crippen LogP contribution is -2.31. The normalized spacial score (nSPS) is 13.3. The molecule has 39 heavy (non-hydrogen) atoms. The summed E-state index contributed by atoms with van der Waals surface area (Å²) in [6.07, 6.45) is 5.19. The van der Waals surface area contributed by atoms with Gasteiger partial charge in [-0.25, -0.2) is 5.43 Å². The van der Waals surface area contributed by atoms with Crippen molar-refractivity contribution < 1.29 is 9.47 Å². The SMILES string of the molecule is CCOc1cc(/C=N\Nc2nc(Nc3ccccc3)nc(N3CCCCC3)n2)ccc1OCc1ccccc1. The molecule has 0 saturated carbocycles. The minimum atomic E-state index is 0.369. The van der Waals surface area contributed by atoms with Gasteiger partial charge in [-0.05, 0) is 67.6 Å². The lowest BCUT2D eigenvalue weighted by atomic mass is 10.1. The molecule has 0 amide bonds. The fourth-order valence-electron chi connectivity index (χ4n) is 4.25. The van der Waals surface area contributed by atoms with E-state index in [1.807, 2.05) is 85.8 Å². The number of aromatic nitrogens is 3. The van der Waals surface area contributed by atoms with Crippen molar-refractivity contribution in [2.75, 3.05) is 35.3 Å². The Morgan fingerprint density at radius 1 is 0.821 bits per heavy atom. The Labute approximate surface area is 228 Å². The quantitative estimate of drug-likeness (QED) is 0.182. The zero-order chi connectivity index (χ0) is 26.7. The van der Waals surface area contributed by atoms with Gasteiger partial charge in [0.25, 0.3) is 0 Å². The van der Waals surface area contributed by atoms with Crippen molar-refractivity contribution in [2.24, 2.45) is 5.10 Å². The van der Waals surface area contributed by atoms with E-state index in [-0.39, 0.29) is 0 Å². The number of hydrazone groups is 1. The van der Waals surface area contributed by atoms with Crippen LogP contribution in [0.25, 0.3) is 0 Å². The molecule has 2 heterocycles. The van der Waals surface area contributed by atoms with Gasteiger partial charge in [0.15, 0.2) is 11.5 Å². The lowest BCUT2D eigenvalue weighted by molar-refractivity contribution is 0.269. The highest BCUT2D eigenvalue weighted by Crippen LogP contribution is 2.29. The Kier molecular flexibility index (Phi) is 8.81. The number of para-hydroxylation sites is 1. The summed E-state index contributed by atoms with van der Waals surface area (Å²) in [6, 6.07) is 25.6. The Bertz CT molecular complexity index is 1360. The zero-order valence-corrected chi connectivity index (χ0v) is 22.1. The standard InChI is InChI=1S/C30H33N7O2/c1-2-38-27-20-24(16-17-26(27)39-22-23-12-6-3-7-13-23)21-31-36-29-33-28(32-25-14-8-4-9-15-25)34-30(35-29)37-18-10-5-11-19-37/h3-4,6-9,12-17,20-21H,2,5,10-11,18-19,22H2,1H3,(H2,32,33,34,35,36)/b31-21-. The van der Waals surface area contributed by atoms with Crippen LogP contribution in [-0.4, -0.2) is 40.9 Å². The third-order valence-corrected chi connectivity index (χ3v) is 6.18. The van der Waals surface area contributed by atoms with Crippen molar-refractivity contribution in [3.63, 3.8) is 0 Å². The van der Waals surface area contributed by atoms with Gasteiger partial charge < -0.3 is 19.7 Å². The molecule has 1 aromatic heterocycles. The molecular formula is C30H33N7O2. The second-order valence-corrected chi connectivity index (χ2v) is 9.10. The van der Waals surface area contributed by atoms with Crippen LogP contribution in [0.3, 0.4) is 0 Å². The first kappa shape index (κ1) is 26.0. The summed E-state index contributed by atoms with van der Waals surface area (Å²) in [5.41, 5.74) is 5.83. The van der Waals surface area contributed by atoms with Gasteiger partial charge >= 0.3 is 0 Å². The molecule has 1 aliphatic rings. The number of ether oxygens (including phenoxy) is 2. The van der Waals surface area contributed by atoms with E-state index in [2.05, 4.69) is 35.7 Å². The van der Waals surface area contributed by atoms with Gasteiger partial charge in [0, 0.05) is 18.8 Å². The van der Waals surface area contributed by atoms with E-state index in [0.717, 1.165) is 42.7 Å². The second-order valence-electron chi connectivity index (χ2n) is 9.10. The predicted octanol–water partition coefficient (Wildman–Crippen LogP) is 6.03. The van der Waals surface area contributed by atoms with Crippen LogP contribution < -0.4 is 25.1 Å². The molecule has 0 unspecified atom stereocenters. The smallest absolute Gasteiger partial charge is 0.250 e. The molecular weight excluding hydrogens is 490 g/mol. The van der Waals surface area contributed by atoms with Gasteiger partial charge in [-0.1, -0.05) is 48.5 Å². The fourth-order valence-corrected chi connectivity index (χ4v) is 4.25.